The van der Waals surface area contributed by atoms with Gasteiger partial charge in [0.1, 0.15) is 11.4 Å². The van der Waals surface area contributed by atoms with Crippen LogP contribution in [0.15, 0.2) is 41.8 Å². The van der Waals surface area contributed by atoms with Crippen molar-refractivity contribution in [1.82, 2.24) is 9.29 Å². The molecule has 0 unspecified atom stereocenters. The number of benzene rings is 1. The minimum atomic E-state index is -4.00. The summed E-state index contributed by atoms with van der Waals surface area (Å²) < 4.78 is 37.7. The van der Waals surface area contributed by atoms with Crippen LogP contribution in [0.1, 0.15) is 46.0 Å². The molecule has 2 rings (SSSR count). The highest BCUT2D eigenvalue weighted by Crippen LogP contribution is 2.26. The summed E-state index contributed by atoms with van der Waals surface area (Å²) in [7, 11) is -2.51. The van der Waals surface area contributed by atoms with E-state index in [1.807, 2.05) is 0 Å². The first-order chi connectivity index (χ1) is 14.6. The van der Waals surface area contributed by atoms with Crippen LogP contribution >= 0.6 is 0 Å². The Hall–Kier alpha value is -2.91. The van der Waals surface area contributed by atoms with Gasteiger partial charge in [0, 0.05) is 17.8 Å². The average molecular weight is 449 g/mol. The largest absolute Gasteiger partial charge is 0.497 e. The van der Waals surface area contributed by atoms with Crippen LogP contribution in [0.2, 0.25) is 0 Å². The molecule has 0 fully saturated rings. The van der Waals surface area contributed by atoms with E-state index in [4.69, 9.17) is 9.47 Å². The van der Waals surface area contributed by atoms with Crippen molar-refractivity contribution in [3.05, 3.63) is 59.4 Å². The molecule has 8 nitrogen and oxygen atoms in total. The van der Waals surface area contributed by atoms with Gasteiger partial charge >= 0.3 is 5.97 Å². The molecule has 0 spiro atoms. The van der Waals surface area contributed by atoms with E-state index < -0.39 is 27.8 Å². The van der Waals surface area contributed by atoms with E-state index in [1.165, 1.54) is 44.4 Å². The summed E-state index contributed by atoms with van der Waals surface area (Å²) in [6.07, 6.45) is 1.42. The van der Waals surface area contributed by atoms with Gasteiger partial charge in [-0.15, -0.1) is 6.58 Å². The van der Waals surface area contributed by atoms with E-state index >= 15 is 0 Å². The molecular weight excluding hydrogens is 420 g/mol. The van der Waals surface area contributed by atoms with Crippen LogP contribution in [0.3, 0.4) is 0 Å². The fourth-order valence-corrected chi connectivity index (χ4v) is 4.91. The van der Waals surface area contributed by atoms with Gasteiger partial charge in [-0.3, -0.25) is 4.79 Å². The number of ketones is 1. The van der Waals surface area contributed by atoms with Crippen LogP contribution in [0.25, 0.3) is 0 Å². The number of aryl methyl sites for hydroxylation is 1. The number of methoxy groups -OCH3 is 1. The molecule has 1 N–H and O–H groups in total. The smallest absolute Gasteiger partial charge is 0.355 e. The molecule has 0 saturated heterocycles. The summed E-state index contributed by atoms with van der Waals surface area (Å²) in [5.41, 5.74) is 1.35. The Labute approximate surface area is 182 Å². The lowest BCUT2D eigenvalue weighted by Gasteiger charge is -2.26. The summed E-state index contributed by atoms with van der Waals surface area (Å²) in [6, 6.07) is 4.89. The number of hydrogen-bond donors (Lipinski definition) is 1. The number of nitrogens with zero attached hydrogens (tertiary/aromatic N) is 1. The van der Waals surface area contributed by atoms with Crippen molar-refractivity contribution in [2.24, 2.45) is 0 Å². The molecule has 1 heterocycles. The number of rotatable bonds is 10. The maximum Gasteiger partial charge on any atom is 0.355 e. The number of carbonyl (C=O) groups is 2. The first-order valence-corrected chi connectivity index (χ1v) is 11.2. The molecule has 0 aliphatic heterocycles. The standard InChI is InChI=1S/C22H28N2O6S/c1-7-13-24(31(27,28)18-11-9-17(29-6)10-12-18)16(5)21(25)19-14(3)20(23-15(19)4)22(26)30-8-2/h7,9-12,16,23H,1,8,13H2,2-6H3/t16-/m1/s1. The number of Topliss-reactive ketones (excluding diaryl/α,β-unsaturated/α-hetero) is 1. The summed E-state index contributed by atoms with van der Waals surface area (Å²) >= 11 is 0. The second-order valence-corrected chi connectivity index (χ2v) is 8.82. The summed E-state index contributed by atoms with van der Waals surface area (Å²) in [5, 5.41) is 0. The Kier molecular flexibility index (Phi) is 7.80. The van der Waals surface area contributed by atoms with E-state index in [0.717, 1.165) is 4.31 Å². The number of H-pyrrole nitrogens is 1. The third-order valence-electron chi connectivity index (χ3n) is 4.95. The van der Waals surface area contributed by atoms with Gasteiger partial charge in [0.05, 0.1) is 24.7 Å². The Morgan fingerprint density at radius 1 is 1.23 bits per heavy atom. The van der Waals surface area contributed by atoms with Gasteiger partial charge < -0.3 is 14.5 Å². The number of aromatic nitrogens is 1. The number of ether oxygens (including phenoxy) is 2. The molecule has 0 amide bonds. The summed E-state index contributed by atoms with van der Waals surface area (Å²) in [6.45, 7) is 10.3. The fraction of sp³-hybridized carbons (Fsp3) is 0.364. The number of hydrogen-bond acceptors (Lipinski definition) is 6. The minimum absolute atomic E-state index is 0.0320. The number of esters is 1. The quantitative estimate of drug-likeness (QED) is 0.340. The zero-order valence-corrected chi connectivity index (χ0v) is 19.2. The van der Waals surface area contributed by atoms with Gasteiger partial charge in [0.2, 0.25) is 10.0 Å². The van der Waals surface area contributed by atoms with E-state index in [-0.39, 0.29) is 29.3 Å². The Morgan fingerprint density at radius 2 is 1.84 bits per heavy atom. The number of aromatic amines is 1. The molecule has 0 bridgehead atoms. The van der Waals surface area contributed by atoms with E-state index in [0.29, 0.717) is 17.0 Å². The van der Waals surface area contributed by atoms with Crippen molar-refractivity contribution in [2.45, 2.75) is 38.6 Å². The van der Waals surface area contributed by atoms with Gasteiger partial charge in [-0.25, -0.2) is 13.2 Å². The van der Waals surface area contributed by atoms with Crippen LogP contribution in [-0.4, -0.2) is 55.8 Å². The lowest BCUT2D eigenvalue weighted by Crippen LogP contribution is -2.43. The van der Waals surface area contributed by atoms with Gasteiger partial charge in [0.25, 0.3) is 0 Å². The molecular formula is C22H28N2O6S. The number of carbonyl (C=O) groups excluding carboxylic acids is 2. The van der Waals surface area contributed by atoms with Crippen molar-refractivity contribution in [3.8, 4) is 5.75 Å². The molecule has 31 heavy (non-hydrogen) atoms. The number of nitrogens with one attached hydrogen (secondary N) is 1. The van der Waals surface area contributed by atoms with Crippen LogP contribution in [0.4, 0.5) is 0 Å². The monoisotopic (exact) mass is 448 g/mol. The minimum Gasteiger partial charge on any atom is -0.497 e. The summed E-state index contributed by atoms with van der Waals surface area (Å²) in [5.74, 6) is -0.479. The van der Waals surface area contributed by atoms with Crippen LogP contribution in [0, 0.1) is 13.8 Å². The zero-order valence-electron chi connectivity index (χ0n) is 18.4. The van der Waals surface area contributed by atoms with Crippen molar-refractivity contribution >= 4 is 21.8 Å². The van der Waals surface area contributed by atoms with E-state index in [2.05, 4.69) is 11.6 Å². The van der Waals surface area contributed by atoms with Crippen molar-refractivity contribution in [2.75, 3.05) is 20.3 Å². The van der Waals surface area contributed by atoms with E-state index in [9.17, 15) is 18.0 Å². The van der Waals surface area contributed by atoms with Gasteiger partial charge in [-0.2, -0.15) is 4.31 Å². The fourth-order valence-electron chi connectivity index (χ4n) is 3.34. The third-order valence-corrected chi connectivity index (χ3v) is 6.90. The third kappa shape index (κ3) is 4.88. The molecule has 168 valence electrons. The molecule has 2 aromatic rings. The molecule has 0 aliphatic rings. The van der Waals surface area contributed by atoms with Crippen molar-refractivity contribution in [3.63, 3.8) is 0 Å². The molecule has 0 saturated carbocycles. The summed E-state index contributed by atoms with van der Waals surface area (Å²) in [4.78, 5) is 28.4. The van der Waals surface area contributed by atoms with Crippen LogP contribution in [0.5, 0.6) is 5.75 Å². The predicted octanol–water partition coefficient (Wildman–Crippen LogP) is 3.26. The first-order valence-electron chi connectivity index (χ1n) is 9.77. The Bertz CT molecular complexity index is 1070. The maximum atomic E-state index is 13.3. The Morgan fingerprint density at radius 3 is 2.35 bits per heavy atom. The highest BCUT2D eigenvalue weighted by Gasteiger charge is 2.35. The highest BCUT2D eigenvalue weighted by molar-refractivity contribution is 7.89. The van der Waals surface area contributed by atoms with Crippen LogP contribution < -0.4 is 4.74 Å². The van der Waals surface area contributed by atoms with Gasteiger partial charge in [0.15, 0.2) is 5.78 Å². The average Bonchev–Trinajstić information content (AvgIpc) is 3.05. The van der Waals surface area contributed by atoms with E-state index in [1.54, 1.807) is 20.8 Å². The highest BCUT2D eigenvalue weighted by atomic mass is 32.2. The molecule has 9 heteroatoms. The Balaban J connectivity index is 2.45. The molecule has 0 radical (unpaired) electrons. The van der Waals surface area contributed by atoms with Crippen LogP contribution in [-0.2, 0) is 14.8 Å². The lowest BCUT2D eigenvalue weighted by molar-refractivity contribution is 0.0519. The predicted molar refractivity (Wildman–Crippen MR) is 117 cm³/mol. The molecule has 1 atom stereocenters. The maximum absolute atomic E-state index is 13.3. The zero-order chi connectivity index (χ0) is 23.3. The van der Waals surface area contributed by atoms with Gasteiger partial charge in [-0.1, -0.05) is 6.08 Å². The van der Waals surface area contributed by atoms with Crippen molar-refractivity contribution in [1.29, 1.82) is 0 Å². The molecule has 1 aromatic heterocycles. The topological polar surface area (TPSA) is 106 Å². The first kappa shape index (κ1) is 24.4. The molecule has 0 aliphatic carbocycles. The molecule has 1 aromatic carbocycles. The SMILES string of the molecule is C=CCN([C@H](C)C(=O)c1c(C)[nH]c(C(=O)OCC)c1C)S(=O)(=O)c1ccc(OC)cc1. The second kappa shape index (κ2) is 9.93. The van der Waals surface area contributed by atoms with Gasteiger partial charge in [-0.05, 0) is 57.5 Å². The second-order valence-electron chi connectivity index (χ2n) is 6.92. The van der Waals surface area contributed by atoms with Crippen molar-refractivity contribution < 1.29 is 27.5 Å². The lowest BCUT2D eigenvalue weighted by atomic mass is 10.0. The normalized spacial score (nSPS) is 12.5. The number of sulfonamides is 1.